The normalized spacial score (nSPS) is 15.2. The lowest BCUT2D eigenvalue weighted by Crippen LogP contribution is -2.47. The second-order valence-corrected chi connectivity index (χ2v) is 12.0. The monoisotopic (exact) mass is 558 g/mol. The number of nitrogen functional groups attached to an aromatic ring is 1. The molecule has 198 valence electrons. The van der Waals surface area contributed by atoms with Gasteiger partial charge in [0.25, 0.3) is 0 Å². The Labute approximate surface area is 219 Å². The molecule has 4 aromatic heterocycles. The van der Waals surface area contributed by atoms with Crippen molar-refractivity contribution < 1.29 is 17.2 Å². The number of nitrogens with two attached hydrogens (primary N) is 1. The van der Waals surface area contributed by atoms with Crippen molar-refractivity contribution in [1.29, 1.82) is 0 Å². The topological polar surface area (TPSA) is 145 Å². The van der Waals surface area contributed by atoms with Gasteiger partial charge in [-0.3, -0.25) is 14.3 Å². The van der Waals surface area contributed by atoms with Crippen molar-refractivity contribution in [3.8, 4) is 11.6 Å². The summed E-state index contributed by atoms with van der Waals surface area (Å²) >= 11 is 1.04. The number of rotatable bonds is 6. The fourth-order valence-corrected chi connectivity index (χ4v) is 6.13. The molecule has 38 heavy (non-hydrogen) atoms. The molecular weight excluding hydrogens is 535 g/mol. The summed E-state index contributed by atoms with van der Waals surface area (Å²) in [6.45, 7) is 3.43. The van der Waals surface area contributed by atoms with E-state index in [1.807, 2.05) is 4.90 Å². The molecule has 0 spiro atoms. The van der Waals surface area contributed by atoms with Crippen LogP contribution in [0.3, 0.4) is 0 Å². The number of nitrogens with zero attached hydrogens (tertiary/aromatic N) is 7. The van der Waals surface area contributed by atoms with Gasteiger partial charge in [0.15, 0.2) is 26.9 Å². The van der Waals surface area contributed by atoms with E-state index in [-0.39, 0.29) is 15.7 Å². The number of aromatic nitrogens is 5. The van der Waals surface area contributed by atoms with Gasteiger partial charge in [0, 0.05) is 45.5 Å². The van der Waals surface area contributed by atoms with Crippen molar-refractivity contribution in [2.75, 3.05) is 49.6 Å². The second kappa shape index (κ2) is 9.18. The molecule has 1 aliphatic heterocycles. The summed E-state index contributed by atoms with van der Waals surface area (Å²) in [5, 5.41) is 4.37. The number of halogens is 1. The van der Waals surface area contributed by atoms with E-state index in [2.05, 4.69) is 20.0 Å². The Kier molecular flexibility index (Phi) is 5.92. The van der Waals surface area contributed by atoms with E-state index in [1.165, 1.54) is 22.9 Å². The number of piperazine rings is 1. The molecule has 1 aliphatic rings. The summed E-state index contributed by atoms with van der Waals surface area (Å²) < 4.78 is 47.0. The zero-order valence-electron chi connectivity index (χ0n) is 20.2. The van der Waals surface area contributed by atoms with E-state index >= 15 is 0 Å². The Morgan fingerprint density at radius 3 is 2.58 bits per heavy atom. The molecule has 0 saturated carbocycles. The first-order valence-corrected chi connectivity index (χ1v) is 14.5. The lowest BCUT2D eigenvalue weighted by Gasteiger charge is -2.36. The highest BCUT2D eigenvalue weighted by Gasteiger charge is 2.23. The Morgan fingerprint density at radius 1 is 1.11 bits per heavy atom. The van der Waals surface area contributed by atoms with Crippen LogP contribution in [-0.4, -0.2) is 76.4 Å². The summed E-state index contributed by atoms with van der Waals surface area (Å²) in [6.07, 6.45) is 2.58. The van der Waals surface area contributed by atoms with Crippen LogP contribution in [0.4, 0.5) is 16.0 Å². The summed E-state index contributed by atoms with van der Waals surface area (Å²) in [5.74, 6) is 0.389. The van der Waals surface area contributed by atoms with Crippen LogP contribution in [0.1, 0.15) is 0 Å². The van der Waals surface area contributed by atoms with Gasteiger partial charge in [0.2, 0.25) is 11.8 Å². The molecule has 6 rings (SSSR count). The third kappa shape index (κ3) is 4.31. The van der Waals surface area contributed by atoms with Crippen LogP contribution in [0, 0.1) is 5.82 Å². The van der Waals surface area contributed by atoms with Gasteiger partial charge in [0.05, 0.1) is 16.8 Å². The van der Waals surface area contributed by atoms with E-state index in [0.29, 0.717) is 72.5 Å². The summed E-state index contributed by atoms with van der Waals surface area (Å²) in [7, 11) is -3.47. The molecule has 5 heterocycles. The molecule has 5 aromatic rings. The maximum atomic E-state index is 14.6. The van der Waals surface area contributed by atoms with Crippen molar-refractivity contribution >= 4 is 48.8 Å². The smallest absolute Gasteiger partial charge is 0.309 e. The molecule has 0 atom stereocenters. The van der Waals surface area contributed by atoms with Crippen LogP contribution in [0.5, 0.6) is 0 Å². The van der Waals surface area contributed by atoms with Crippen LogP contribution in [0.2, 0.25) is 0 Å². The molecule has 0 unspecified atom stereocenters. The van der Waals surface area contributed by atoms with Gasteiger partial charge in [-0.1, -0.05) is 11.3 Å². The Balaban J connectivity index is 1.17. The summed E-state index contributed by atoms with van der Waals surface area (Å²) in [4.78, 5) is 25.7. The van der Waals surface area contributed by atoms with Crippen molar-refractivity contribution in [2.24, 2.45) is 0 Å². The van der Waals surface area contributed by atoms with E-state index in [1.54, 1.807) is 16.7 Å². The predicted molar refractivity (Wildman–Crippen MR) is 141 cm³/mol. The van der Waals surface area contributed by atoms with E-state index < -0.39 is 15.7 Å². The minimum Gasteiger partial charge on any atom is -0.461 e. The quantitative estimate of drug-likeness (QED) is 0.327. The Morgan fingerprint density at radius 2 is 1.89 bits per heavy atom. The number of benzene rings is 1. The third-order valence-electron chi connectivity index (χ3n) is 6.56. The molecule has 1 fully saturated rings. The lowest BCUT2D eigenvalue weighted by atomic mass is 10.2. The van der Waals surface area contributed by atoms with E-state index in [9.17, 15) is 17.6 Å². The number of hydrogen-bond donors (Lipinski definition) is 1. The second-order valence-electron chi connectivity index (χ2n) is 9.00. The number of thiazole rings is 1. The first-order valence-electron chi connectivity index (χ1n) is 11.8. The average Bonchev–Trinajstić information content (AvgIpc) is 3.62. The summed E-state index contributed by atoms with van der Waals surface area (Å²) in [6, 6.07) is 7.47. The van der Waals surface area contributed by atoms with Crippen LogP contribution in [0.15, 0.2) is 50.7 Å². The maximum Gasteiger partial charge on any atom is 0.309 e. The molecule has 1 aromatic carbocycles. The lowest BCUT2D eigenvalue weighted by molar-refractivity contribution is 0.248. The highest BCUT2D eigenvalue weighted by atomic mass is 32.2. The van der Waals surface area contributed by atoms with E-state index in [4.69, 9.17) is 10.2 Å². The molecule has 0 radical (unpaired) electrons. The number of fused-ring (bicyclic) bond motifs is 3. The maximum absolute atomic E-state index is 14.6. The fourth-order valence-electron chi connectivity index (χ4n) is 4.56. The molecular formula is C23H23FN8O4S2. The minimum atomic E-state index is -3.47. The molecule has 0 amide bonds. The van der Waals surface area contributed by atoms with Crippen LogP contribution < -0.4 is 15.5 Å². The molecule has 15 heteroatoms. The van der Waals surface area contributed by atoms with Crippen molar-refractivity contribution in [3.63, 3.8) is 0 Å². The molecule has 0 aliphatic carbocycles. The Bertz CT molecular complexity index is 1820. The van der Waals surface area contributed by atoms with Gasteiger partial charge in [0.1, 0.15) is 10.5 Å². The standard InChI is InChI=1S/C23H23FN8O4S2/c1-38(34,35)14-4-5-16(15(24)13-14)30-9-6-29(7-10-30)8-11-31-20-18(37-23(31)33)21-26-19(17-3-2-12-36-17)28-32(21)22(25)27-20/h2-5,12-13H,6-11H2,1H3,(H2,25,27). The molecule has 0 bridgehead atoms. The van der Waals surface area contributed by atoms with Gasteiger partial charge < -0.3 is 15.1 Å². The first-order chi connectivity index (χ1) is 18.2. The highest BCUT2D eigenvalue weighted by molar-refractivity contribution is 7.90. The van der Waals surface area contributed by atoms with Gasteiger partial charge in [-0.15, -0.1) is 5.10 Å². The van der Waals surface area contributed by atoms with Crippen molar-refractivity contribution in [1.82, 2.24) is 29.0 Å². The number of furan rings is 1. The minimum absolute atomic E-state index is 0.0411. The molecule has 2 N–H and O–H groups in total. The van der Waals surface area contributed by atoms with Crippen LogP contribution >= 0.6 is 11.3 Å². The SMILES string of the molecule is CS(=O)(=O)c1ccc(N2CCN(CCn3c(=O)sc4c3nc(N)n3nc(-c5ccco5)nc43)CC2)c(F)c1. The predicted octanol–water partition coefficient (Wildman–Crippen LogP) is 1.71. The van der Waals surface area contributed by atoms with Gasteiger partial charge >= 0.3 is 4.87 Å². The highest BCUT2D eigenvalue weighted by Crippen LogP contribution is 2.26. The number of sulfone groups is 1. The fraction of sp³-hybridized carbons (Fsp3) is 0.304. The number of hydrogen-bond acceptors (Lipinski definition) is 11. The molecule has 1 saturated heterocycles. The van der Waals surface area contributed by atoms with Crippen LogP contribution in [0.25, 0.3) is 27.6 Å². The first kappa shape index (κ1) is 24.5. The zero-order chi connectivity index (χ0) is 26.6. The van der Waals surface area contributed by atoms with Gasteiger partial charge in [-0.2, -0.15) is 9.50 Å². The van der Waals surface area contributed by atoms with Gasteiger partial charge in [-0.05, 0) is 30.3 Å². The largest absolute Gasteiger partial charge is 0.461 e. The summed E-state index contributed by atoms with van der Waals surface area (Å²) in [5.41, 5.74) is 7.42. The zero-order valence-corrected chi connectivity index (χ0v) is 21.9. The van der Waals surface area contributed by atoms with Crippen LogP contribution in [-0.2, 0) is 16.4 Å². The van der Waals surface area contributed by atoms with Gasteiger partial charge in [-0.25, -0.2) is 17.8 Å². The third-order valence-corrected chi connectivity index (χ3v) is 8.63. The van der Waals surface area contributed by atoms with E-state index in [0.717, 1.165) is 23.7 Å². The van der Waals surface area contributed by atoms with Crippen molar-refractivity contribution in [3.05, 3.63) is 52.1 Å². The Hall–Kier alpha value is -3.82. The van der Waals surface area contributed by atoms with Crippen molar-refractivity contribution in [2.45, 2.75) is 11.4 Å². The number of anilines is 2. The average molecular weight is 559 g/mol. The molecule has 12 nitrogen and oxygen atoms in total.